The lowest BCUT2D eigenvalue weighted by Crippen LogP contribution is -2.31. The molecule has 0 bridgehead atoms. The van der Waals surface area contributed by atoms with Gasteiger partial charge >= 0.3 is 0 Å². The Hall–Kier alpha value is -2.07. The van der Waals surface area contributed by atoms with Gasteiger partial charge in [-0.3, -0.25) is 4.98 Å². The number of aromatic nitrogens is 1. The van der Waals surface area contributed by atoms with Crippen molar-refractivity contribution < 1.29 is 16.8 Å². The highest BCUT2D eigenvalue weighted by atomic mass is 32.2. The van der Waals surface area contributed by atoms with E-state index >= 15 is 0 Å². The number of sulfone groups is 1. The summed E-state index contributed by atoms with van der Waals surface area (Å²) in [5.74, 6) is 0. The number of thiophene rings is 1. The van der Waals surface area contributed by atoms with E-state index in [0.717, 1.165) is 11.3 Å². The fraction of sp³-hybridized carbons (Fsp3) is 0.118. The summed E-state index contributed by atoms with van der Waals surface area (Å²) in [5.41, 5.74) is 0.427. The molecule has 26 heavy (non-hydrogen) atoms. The van der Waals surface area contributed by atoms with Crippen LogP contribution in [-0.4, -0.2) is 28.4 Å². The van der Waals surface area contributed by atoms with Crippen molar-refractivity contribution in [2.24, 2.45) is 0 Å². The molecule has 136 valence electrons. The molecule has 0 aliphatic rings. The van der Waals surface area contributed by atoms with Crippen LogP contribution in [-0.2, 0) is 19.9 Å². The second-order valence-corrected chi connectivity index (χ2v) is 10.5. The van der Waals surface area contributed by atoms with Crippen LogP contribution in [0.3, 0.4) is 0 Å². The maximum absolute atomic E-state index is 13.0. The Bertz CT molecular complexity index is 1050. The predicted octanol–water partition coefficient (Wildman–Crippen LogP) is 2.64. The van der Waals surface area contributed by atoms with Gasteiger partial charge in [0.25, 0.3) is 0 Å². The van der Waals surface area contributed by atoms with Crippen LogP contribution in [0.1, 0.15) is 10.8 Å². The molecule has 0 amide bonds. The number of pyridine rings is 1. The van der Waals surface area contributed by atoms with Crippen molar-refractivity contribution in [3.05, 3.63) is 77.9 Å². The average molecular weight is 409 g/mol. The Morgan fingerprint density at radius 2 is 1.73 bits per heavy atom. The summed E-state index contributed by atoms with van der Waals surface area (Å²) < 4.78 is 53.5. The van der Waals surface area contributed by atoms with Gasteiger partial charge in [-0.2, -0.15) is 0 Å². The van der Waals surface area contributed by atoms with Crippen molar-refractivity contribution in [3.63, 3.8) is 0 Å². The molecule has 3 aromatic rings. The van der Waals surface area contributed by atoms with Gasteiger partial charge < -0.3 is 0 Å². The van der Waals surface area contributed by atoms with Crippen LogP contribution in [0.2, 0.25) is 0 Å². The summed E-state index contributed by atoms with van der Waals surface area (Å²) in [6, 6.07) is 14.2. The van der Waals surface area contributed by atoms with Crippen molar-refractivity contribution >= 4 is 31.2 Å². The highest BCUT2D eigenvalue weighted by Gasteiger charge is 2.31. The second kappa shape index (κ2) is 7.67. The van der Waals surface area contributed by atoms with Gasteiger partial charge in [-0.05, 0) is 35.2 Å². The minimum absolute atomic E-state index is 0.0819. The highest BCUT2D eigenvalue weighted by molar-refractivity contribution is 7.93. The SMILES string of the molecule is O=S(=O)(NC[C@@H](c1cccnc1)S(=O)(=O)c1cccs1)c1ccccc1. The van der Waals surface area contributed by atoms with Crippen LogP contribution in [0.15, 0.2) is 81.5 Å². The third-order valence-corrected chi connectivity index (χ3v) is 8.69. The molecule has 6 nitrogen and oxygen atoms in total. The Kier molecular flexibility index (Phi) is 5.52. The zero-order valence-electron chi connectivity index (χ0n) is 13.5. The number of nitrogens with zero attached hydrogens (tertiary/aromatic N) is 1. The number of hydrogen-bond donors (Lipinski definition) is 1. The Labute approximate surface area is 156 Å². The molecule has 0 fully saturated rings. The van der Waals surface area contributed by atoms with Gasteiger partial charge in [0.2, 0.25) is 10.0 Å². The molecular weight excluding hydrogens is 392 g/mol. The molecule has 1 aromatic carbocycles. The van der Waals surface area contributed by atoms with Gasteiger partial charge in [0.1, 0.15) is 9.46 Å². The van der Waals surface area contributed by atoms with Crippen LogP contribution in [0, 0.1) is 0 Å². The number of hydrogen-bond acceptors (Lipinski definition) is 6. The summed E-state index contributed by atoms with van der Waals surface area (Å²) in [5, 5.41) is 0.592. The largest absolute Gasteiger partial charge is 0.264 e. The van der Waals surface area contributed by atoms with E-state index in [4.69, 9.17) is 0 Å². The third-order valence-electron chi connectivity index (χ3n) is 3.72. The van der Waals surface area contributed by atoms with E-state index in [-0.39, 0.29) is 15.6 Å². The van der Waals surface area contributed by atoms with Crippen molar-refractivity contribution in [3.8, 4) is 0 Å². The smallest absolute Gasteiger partial charge is 0.240 e. The van der Waals surface area contributed by atoms with Gasteiger partial charge in [-0.15, -0.1) is 11.3 Å². The fourth-order valence-corrected chi connectivity index (χ4v) is 6.43. The summed E-state index contributed by atoms with van der Waals surface area (Å²) in [6.45, 7) is -0.289. The normalized spacial score (nSPS) is 13.4. The van der Waals surface area contributed by atoms with Crippen molar-refractivity contribution in [2.75, 3.05) is 6.54 Å². The van der Waals surface area contributed by atoms with E-state index in [0.29, 0.717) is 5.56 Å². The van der Waals surface area contributed by atoms with Gasteiger partial charge in [0.05, 0.1) is 4.90 Å². The standard InChI is InChI=1S/C17H16N2O4S3/c20-25(21,17-9-5-11-24-17)16(14-6-4-10-18-12-14)13-19-26(22,23)15-7-2-1-3-8-15/h1-12,16,19H,13H2/t16-/m0/s1. The summed E-state index contributed by atoms with van der Waals surface area (Å²) in [4.78, 5) is 4.05. The van der Waals surface area contributed by atoms with E-state index in [1.165, 1.54) is 30.6 Å². The molecule has 0 radical (unpaired) electrons. The molecule has 1 N–H and O–H groups in total. The van der Waals surface area contributed by atoms with E-state index < -0.39 is 25.1 Å². The molecule has 0 saturated heterocycles. The monoisotopic (exact) mass is 408 g/mol. The number of rotatable bonds is 7. The maximum Gasteiger partial charge on any atom is 0.240 e. The van der Waals surface area contributed by atoms with Gasteiger partial charge in [-0.25, -0.2) is 21.6 Å². The number of nitrogens with one attached hydrogen (secondary N) is 1. The first-order valence-electron chi connectivity index (χ1n) is 7.63. The zero-order chi connectivity index (χ0) is 18.6. The lowest BCUT2D eigenvalue weighted by molar-refractivity contribution is 0.569. The Morgan fingerprint density at radius 3 is 2.35 bits per heavy atom. The maximum atomic E-state index is 13.0. The molecule has 0 aliphatic heterocycles. The average Bonchev–Trinajstić information content (AvgIpc) is 3.19. The fourth-order valence-electron chi connectivity index (χ4n) is 2.41. The first-order chi connectivity index (χ1) is 12.4. The van der Waals surface area contributed by atoms with Gasteiger partial charge in [0, 0.05) is 18.9 Å². The van der Waals surface area contributed by atoms with E-state index in [1.54, 1.807) is 41.8 Å². The molecule has 0 spiro atoms. The minimum atomic E-state index is -3.82. The molecule has 2 heterocycles. The third kappa shape index (κ3) is 4.01. The Balaban J connectivity index is 1.93. The first kappa shape index (κ1) is 18.7. The van der Waals surface area contributed by atoms with Crippen LogP contribution in [0.5, 0.6) is 0 Å². The van der Waals surface area contributed by atoms with Crippen LogP contribution in [0.25, 0.3) is 0 Å². The Morgan fingerprint density at radius 1 is 0.962 bits per heavy atom. The summed E-state index contributed by atoms with van der Waals surface area (Å²) in [6.07, 6.45) is 2.97. The number of sulfonamides is 1. The summed E-state index contributed by atoms with van der Waals surface area (Å²) >= 11 is 1.10. The molecular formula is C17H16N2O4S3. The van der Waals surface area contributed by atoms with Crippen LogP contribution >= 0.6 is 11.3 Å². The van der Waals surface area contributed by atoms with E-state index in [2.05, 4.69) is 9.71 Å². The highest BCUT2D eigenvalue weighted by Crippen LogP contribution is 2.31. The van der Waals surface area contributed by atoms with Crippen LogP contribution in [0.4, 0.5) is 0 Å². The van der Waals surface area contributed by atoms with E-state index in [9.17, 15) is 16.8 Å². The minimum Gasteiger partial charge on any atom is -0.264 e. The first-order valence-corrected chi connectivity index (χ1v) is 11.5. The molecule has 0 saturated carbocycles. The lowest BCUT2D eigenvalue weighted by atomic mass is 10.2. The molecule has 0 unspecified atom stereocenters. The molecule has 3 rings (SSSR count). The lowest BCUT2D eigenvalue weighted by Gasteiger charge is -2.18. The second-order valence-electron chi connectivity index (χ2n) is 5.42. The topological polar surface area (TPSA) is 93.2 Å². The molecule has 9 heteroatoms. The summed E-state index contributed by atoms with van der Waals surface area (Å²) in [7, 11) is -7.59. The van der Waals surface area contributed by atoms with Crippen molar-refractivity contribution in [1.82, 2.24) is 9.71 Å². The van der Waals surface area contributed by atoms with Crippen molar-refractivity contribution in [2.45, 2.75) is 14.4 Å². The van der Waals surface area contributed by atoms with Crippen LogP contribution < -0.4 is 4.72 Å². The van der Waals surface area contributed by atoms with Crippen molar-refractivity contribution in [1.29, 1.82) is 0 Å². The predicted molar refractivity (Wildman–Crippen MR) is 100 cm³/mol. The quantitative estimate of drug-likeness (QED) is 0.649. The van der Waals surface area contributed by atoms with Gasteiger partial charge in [-0.1, -0.05) is 30.3 Å². The van der Waals surface area contributed by atoms with Gasteiger partial charge in [0.15, 0.2) is 9.84 Å². The number of benzene rings is 1. The zero-order valence-corrected chi connectivity index (χ0v) is 16.0. The molecule has 2 aromatic heterocycles. The van der Waals surface area contributed by atoms with E-state index in [1.807, 2.05) is 0 Å². The molecule has 0 aliphatic carbocycles. The molecule has 1 atom stereocenters.